The van der Waals surface area contributed by atoms with Gasteiger partial charge >= 0.3 is 5.97 Å². The molecule has 3 rings (SSSR count). The first-order valence-corrected chi connectivity index (χ1v) is 9.24. The van der Waals surface area contributed by atoms with E-state index >= 15 is 0 Å². The summed E-state index contributed by atoms with van der Waals surface area (Å²) in [5.74, 6) is -2.89. The molecule has 7 heteroatoms. The summed E-state index contributed by atoms with van der Waals surface area (Å²) in [7, 11) is 0. The fourth-order valence-electron chi connectivity index (χ4n) is 3.29. The monoisotopic (exact) mass is 396 g/mol. The maximum Gasteiger partial charge on any atom is 0.336 e. The largest absolute Gasteiger partial charge is 0.463 e. The number of esters is 1. The predicted molar refractivity (Wildman–Crippen MR) is 106 cm³/mol. The van der Waals surface area contributed by atoms with Crippen molar-refractivity contribution in [2.75, 3.05) is 16.8 Å². The third kappa shape index (κ3) is 4.34. The van der Waals surface area contributed by atoms with Crippen LogP contribution in [0.3, 0.4) is 0 Å². The number of imide groups is 1. The number of halogens is 1. The van der Waals surface area contributed by atoms with Gasteiger partial charge in [0.2, 0.25) is 11.8 Å². The first-order chi connectivity index (χ1) is 13.9. The molecule has 0 aromatic heterocycles. The zero-order valence-corrected chi connectivity index (χ0v) is 16.1. The van der Waals surface area contributed by atoms with Crippen LogP contribution in [0.4, 0.5) is 15.8 Å². The zero-order chi connectivity index (χ0) is 21.0. The highest BCUT2D eigenvalue weighted by Gasteiger charge is 2.44. The van der Waals surface area contributed by atoms with Crippen LogP contribution in [-0.2, 0) is 19.1 Å². The van der Waals surface area contributed by atoms with Crippen LogP contribution >= 0.6 is 0 Å². The molecule has 1 aliphatic rings. The molecule has 1 N–H and O–H groups in total. The van der Waals surface area contributed by atoms with E-state index in [1.165, 1.54) is 24.3 Å². The SMILES string of the molecule is CCOC(=O)C(=C(C)Nc1ccc(F)cc1)C1CC(=O)N(c2ccccc2)C1=O. The third-order valence-corrected chi connectivity index (χ3v) is 4.58. The second kappa shape index (κ2) is 8.68. The maximum atomic E-state index is 13.2. The summed E-state index contributed by atoms with van der Waals surface area (Å²) in [4.78, 5) is 39.4. The third-order valence-electron chi connectivity index (χ3n) is 4.58. The van der Waals surface area contributed by atoms with E-state index in [0.717, 1.165) is 4.90 Å². The quantitative estimate of drug-likeness (QED) is 0.458. The van der Waals surface area contributed by atoms with Crippen molar-refractivity contribution in [2.45, 2.75) is 20.3 Å². The number of hydrogen-bond donors (Lipinski definition) is 1. The molecule has 2 aromatic carbocycles. The van der Waals surface area contributed by atoms with Crippen molar-refractivity contribution in [2.24, 2.45) is 5.92 Å². The van der Waals surface area contributed by atoms with E-state index in [9.17, 15) is 18.8 Å². The molecule has 29 heavy (non-hydrogen) atoms. The number of nitrogens with one attached hydrogen (secondary N) is 1. The first kappa shape index (κ1) is 20.3. The van der Waals surface area contributed by atoms with Crippen LogP contribution in [0.25, 0.3) is 0 Å². The molecule has 2 amide bonds. The molecule has 0 spiro atoms. The van der Waals surface area contributed by atoms with Crippen molar-refractivity contribution in [3.05, 3.63) is 71.7 Å². The van der Waals surface area contributed by atoms with Crippen LogP contribution < -0.4 is 10.2 Å². The number of rotatable bonds is 6. The van der Waals surface area contributed by atoms with E-state index in [0.29, 0.717) is 17.1 Å². The molecular formula is C22H21FN2O4. The molecule has 1 heterocycles. The van der Waals surface area contributed by atoms with Crippen LogP contribution in [0.1, 0.15) is 20.3 Å². The van der Waals surface area contributed by atoms with Gasteiger partial charge < -0.3 is 10.1 Å². The number of carbonyl (C=O) groups excluding carboxylic acids is 3. The van der Waals surface area contributed by atoms with E-state index in [2.05, 4.69) is 5.32 Å². The Balaban J connectivity index is 1.96. The van der Waals surface area contributed by atoms with Crippen molar-refractivity contribution >= 4 is 29.2 Å². The van der Waals surface area contributed by atoms with E-state index in [-0.39, 0.29) is 24.5 Å². The minimum absolute atomic E-state index is 0.0907. The Morgan fingerprint density at radius 1 is 1.14 bits per heavy atom. The van der Waals surface area contributed by atoms with Gasteiger partial charge in [-0.2, -0.15) is 0 Å². The molecule has 1 atom stereocenters. The van der Waals surface area contributed by atoms with Crippen molar-refractivity contribution in [1.82, 2.24) is 0 Å². The van der Waals surface area contributed by atoms with Gasteiger partial charge in [0.25, 0.3) is 0 Å². The molecule has 1 fully saturated rings. The topological polar surface area (TPSA) is 75.7 Å². The number of hydrogen-bond acceptors (Lipinski definition) is 5. The molecule has 0 saturated carbocycles. The van der Waals surface area contributed by atoms with Gasteiger partial charge in [-0.05, 0) is 50.2 Å². The summed E-state index contributed by atoms with van der Waals surface area (Å²) in [6, 6.07) is 14.2. The zero-order valence-electron chi connectivity index (χ0n) is 16.1. The van der Waals surface area contributed by atoms with Gasteiger partial charge in [-0.3, -0.25) is 14.5 Å². The minimum Gasteiger partial charge on any atom is -0.463 e. The molecule has 2 aromatic rings. The van der Waals surface area contributed by atoms with Gasteiger partial charge in [0.15, 0.2) is 0 Å². The fraction of sp³-hybridized carbons (Fsp3) is 0.227. The fourth-order valence-corrected chi connectivity index (χ4v) is 3.29. The number of anilines is 2. The second-order valence-electron chi connectivity index (χ2n) is 6.55. The Morgan fingerprint density at radius 2 is 1.79 bits per heavy atom. The van der Waals surface area contributed by atoms with Crippen molar-refractivity contribution in [1.29, 1.82) is 0 Å². The smallest absolute Gasteiger partial charge is 0.336 e. The highest BCUT2D eigenvalue weighted by molar-refractivity contribution is 6.23. The normalized spacial score (nSPS) is 17.2. The van der Waals surface area contributed by atoms with Crippen molar-refractivity contribution < 1.29 is 23.5 Å². The van der Waals surface area contributed by atoms with Crippen LogP contribution in [0.2, 0.25) is 0 Å². The van der Waals surface area contributed by atoms with Gasteiger partial charge in [-0.15, -0.1) is 0 Å². The maximum absolute atomic E-state index is 13.2. The molecular weight excluding hydrogens is 375 g/mol. The van der Waals surface area contributed by atoms with Crippen LogP contribution in [-0.4, -0.2) is 24.4 Å². The Kier molecular flexibility index (Phi) is 6.07. The van der Waals surface area contributed by atoms with Crippen molar-refractivity contribution in [3.63, 3.8) is 0 Å². The molecule has 6 nitrogen and oxygen atoms in total. The number of ether oxygens (including phenoxy) is 1. The number of benzene rings is 2. The number of allylic oxidation sites excluding steroid dienone is 1. The Hall–Kier alpha value is -3.48. The summed E-state index contributed by atoms with van der Waals surface area (Å²) in [5.41, 5.74) is 1.46. The molecule has 1 unspecified atom stereocenters. The summed E-state index contributed by atoms with van der Waals surface area (Å²) in [6.45, 7) is 3.41. The Morgan fingerprint density at radius 3 is 2.41 bits per heavy atom. The average Bonchev–Trinajstić information content (AvgIpc) is 2.98. The number of carbonyl (C=O) groups is 3. The molecule has 1 aliphatic heterocycles. The van der Waals surface area contributed by atoms with Crippen LogP contribution in [0, 0.1) is 11.7 Å². The Labute approximate surface area is 168 Å². The molecule has 0 bridgehead atoms. The summed E-state index contributed by atoms with van der Waals surface area (Å²) >= 11 is 0. The molecule has 0 radical (unpaired) electrons. The molecule has 150 valence electrons. The van der Waals surface area contributed by atoms with E-state index in [1.54, 1.807) is 44.2 Å². The standard InChI is InChI=1S/C22H21FN2O4/c1-3-29-22(28)20(14(2)24-16-11-9-15(23)10-12-16)18-13-19(26)25(21(18)27)17-7-5-4-6-8-17/h4-12,18,24H,3,13H2,1-2H3. The lowest BCUT2D eigenvalue weighted by Gasteiger charge is -2.18. The van der Waals surface area contributed by atoms with E-state index in [4.69, 9.17) is 4.74 Å². The summed E-state index contributed by atoms with van der Waals surface area (Å²) in [5, 5.41) is 3.01. The predicted octanol–water partition coefficient (Wildman–Crippen LogP) is 3.65. The van der Waals surface area contributed by atoms with Crippen molar-refractivity contribution in [3.8, 4) is 0 Å². The van der Waals surface area contributed by atoms with Gasteiger partial charge in [0.05, 0.1) is 23.8 Å². The van der Waals surface area contributed by atoms with Gasteiger partial charge in [0, 0.05) is 17.8 Å². The van der Waals surface area contributed by atoms with Crippen LogP contribution in [0.5, 0.6) is 0 Å². The number of amides is 2. The summed E-state index contributed by atoms with van der Waals surface area (Å²) in [6.07, 6.45) is -0.135. The molecule has 0 aliphatic carbocycles. The first-order valence-electron chi connectivity index (χ1n) is 9.24. The van der Waals surface area contributed by atoms with Gasteiger partial charge in [-0.1, -0.05) is 18.2 Å². The lowest BCUT2D eigenvalue weighted by Crippen LogP contribution is -2.32. The van der Waals surface area contributed by atoms with E-state index in [1.807, 2.05) is 0 Å². The Bertz CT molecular complexity index is 955. The lowest BCUT2D eigenvalue weighted by atomic mass is 9.95. The average molecular weight is 396 g/mol. The number of para-hydroxylation sites is 1. The lowest BCUT2D eigenvalue weighted by molar-refractivity contribution is -0.140. The van der Waals surface area contributed by atoms with Gasteiger partial charge in [0.1, 0.15) is 5.82 Å². The second-order valence-corrected chi connectivity index (χ2v) is 6.55. The van der Waals surface area contributed by atoms with Crippen LogP contribution in [0.15, 0.2) is 65.9 Å². The minimum atomic E-state index is -0.963. The highest BCUT2D eigenvalue weighted by Crippen LogP contribution is 2.33. The number of nitrogens with zero attached hydrogens (tertiary/aromatic N) is 1. The summed E-state index contributed by atoms with van der Waals surface area (Å²) < 4.78 is 18.3. The van der Waals surface area contributed by atoms with E-state index < -0.39 is 23.6 Å². The highest BCUT2D eigenvalue weighted by atomic mass is 19.1. The van der Waals surface area contributed by atoms with Gasteiger partial charge in [-0.25, -0.2) is 9.18 Å². The molecule has 1 saturated heterocycles.